The summed E-state index contributed by atoms with van der Waals surface area (Å²) in [7, 11) is 1.72. The van der Waals surface area contributed by atoms with Crippen molar-refractivity contribution in [2.24, 2.45) is 0 Å². The predicted molar refractivity (Wildman–Crippen MR) is 105 cm³/mol. The molecule has 0 aromatic heterocycles. The summed E-state index contributed by atoms with van der Waals surface area (Å²) >= 11 is 0. The van der Waals surface area contributed by atoms with Crippen molar-refractivity contribution in [1.29, 1.82) is 0 Å². The molecule has 2 aliphatic rings. The molecular weight excluding hydrogens is 322 g/mol. The molecule has 2 aromatic rings. The van der Waals surface area contributed by atoms with Gasteiger partial charge in [0.25, 0.3) is 0 Å². The van der Waals surface area contributed by atoms with Crippen LogP contribution in [-0.2, 0) is 11.2 Å². The standard InChI is InChI=1S/C23H29NO2/c1-25-21-8-6-18(7-9-21)19-10-14-24(15-11-19)16-12-23-22-5-3-2-4-20(22)13-17-26-23/h2-9,19,23H,10-17H2,1H3. The van der Waals surface area contributed by atoms with Crippen molar-refractivity contribution in [3.8, 4) is 5.75 Å². The number of nitrogens with zero attached hydrogens (tertiary/aromatic N) is 1. The number of piperidine rings is 1. The van der Waals surface area contributed by atoms with Crippen LogP contribution in [0.5, 0.6) is 5.75 Å². The average molecular weight is 351 g/mol. The highest BCUT2D eigenvalue weighted by molar-refractivity contribution is 5.31. The van der Waals surface area contributed by atoms with Crippen molar-refractivity contribution >= 4 is 0 Å². The molecule has 0 N–H and O–H groups in total. The monoisotopic (exact) mass is 351 g/mol. The highest BCUT2D eigenvalue weighted by Crippen LogP contribution is 2.32. The smallest absolute Gasteiger partial charge is 0.118 e. The minimum atomic E-state index is 0.277. The molecule has 0 radical (unpaired) electrons. The van der Waals surface area contributed by atoms with Gasteiger partial charge in [-0.25, -0.2) is 0 Å². The summed E-state index contributed by atoms with van der Waals surface area (Å²) in [6, 6.07) is 17.4. The zero-order chi connectivity index (χ0) is 17.8. The van der Waals surface area contributed by atoms with Crippen LogP contribution in [0.4, 0.5) is 0 Å². The maximum absolute atomic E-state index is 6.07. The van der Waals surface area contributed by atoms with E-state index in [9.17, 15) is 0 Å². The van der Waals surface area contributed by atoms with Gasteiger partial charge in [0.2, 0.25) is 0 Å². The Labute approximate surface area is 156 Å². The van der Waals surface area contributed by atoms with E-state index < -0.39 is 0 Å². The van der Waals surface area contributed by atoms with Crippen molar-refractivity contribution in [2.45, 2.75) is 37.7 Å². The molecule has 0 saturated carbocycles. The number of methoxy groups -OCH3 is 1. The number of hydrogen-bond acceptors (Lipinski definition) is 3. The van der Waals surface area contributed by atoms with E-state index in [0.29, 0.717) is 5.92 Å². The first-order chi connectivity index (χ1) is 12.8. The highest BCUT2D eigenvalue weighted by atomic mass is 16.5. The lowest BCUT2D eigenvalue weighted by Crippen LogP contribution is -2.34. The Morgan fingerprint density at radius 2 is 1.81 bits per heavy atom. The molecule has 0 amide bonds. The van der Waals surface area contributed by atoms with Crippen LogP contribution in [0.2, 0.25) is 0 Å². The van der Waals surface area contributed by atoms with Crippen molar-refractivity contribution in [2.75, 3.05) is 33.4 Å². The Hall–Kier alpha value is -1.84. The van der Waals surface area contributed by atoms with E-state index in [-0.39, 0.29) is 6.10 Å². The normalized spacial score (nSPS) is 21.3. The number of benzene rings is 2. The second-order valence-electron chi connectivity index (χ2n) is 7.49. The molecule has 4 rings (SSSR count). The molecule has 0 aliphatic carbocycles. The third-order valence-corrected chi connectivity index (χ3v) is 5.97. The van der Waals surface area contributed by atoms with Gasteiger partial charge in [-0.3, -0.25) is 0 Å². The summed E-state index contributed by atoms with van der Waals surface area (Å²) in [5.74, 6) is 1.63. The summed E-state index contributed by atoms with van der Waals surface area (Å²) < 4.78 is 11.3. The lowest BCUT2D eigenvalue weighted by Gasteiger charge is -2.34. The minimum Gasteiger partial charge on any atom is -0.497 e. The molecule has 0 bridgehead atoms. The van der Waals surface area contributed by atoms with Gasteiger partial charge in [-0.05, 0) is 73.5 Å². The van der Waals surface area contributed by atoms with Crippen LogP contribution in [0.15, 0.2) is 48.5 Å². The lowest BCUT2D eigenvalue weighted by molar-refractivity contribution is 0.0275. The fourth-order valence-electron chi connectivity index (χ4n) is 4.38. The van der Waals surface area contributed by atoms with Gasteiger partial charge in [0.05, 0.1) is 19.8 Å². The fourth-order valence-corrected chi connectivity index (χ4v) is 4.38. The Morgan fingerprint density at radius 1 is 1.04 bits per heavy atom. The quantitative estimate of drug-likeness (QED) is 0.787. The Bertz CT molecular complexity index is 704. The van der Waals surface area contributed by atoms with Crippen LogP contribution in [0.1, 0.15) is 48.0 Å². The highest BCUT2D eigenvalue weighted by Gasteiger charge is 2.24. The largest absolute Gasteiger partial charge is 0.497 e. The number of rotatable bonds is 5. The van der Waals surface area contributed by atoms with Crippen LogP contribution < -0.4 is 4.74 Å². The van der Waals surface area contributed by atoms with Gasteiger partial charge in [0.15, 0.2) is 0 Å². The summed E-state index contributed by atoms with van der Waals surface area (Å²) in [6.45, 7) is 4.37. The third kappa shape index (κ3) is 3.94. The first-order valence-corrected chi connectivity index (χ1v) is 9.89. The molecule has 1 saturated heterocycles. The molecule has 2 aliphatic heterocycles. The average Bonchev–Trinajstić information content (AvgIpc) is 2.73. The van der Waals surface area contributed by atoms with Crippen LogP contribution in [0.25, 0.3) is 0 Å². The molecule has 0 spiro atoms. The number of likely N-dealkylation sites (tertiary alicyclic amines) is 1. The van der Waals surface area contributed by atoms with Gasteiger partial charge >= 0.3 is 0 Å². The first kappa shape index (κ1) is 17.6. The van der Waals surface area contributed by atoms with E-state index in [1.807, 2.05) is 0 Å². The minimum absolute atomic E-state index is 0.277. The lowest BCUT2D eigenvalue weighted by atomic mass is 9.89. The molecule has 3 heteroatoms. The van der Waals surface area contributed by atoms with E-state index in [0.717, 1.165) is 31.7 Å². The van der Waals surface area contributed by atoms with Crippen molar-refractivity contribution in [3.05, 3.63) is 65.2 Å². The summed E-state index contributed by atoms with van der Waals surface area (Å²) in [5, 5.41) is 0. The number of fused-ring (bicyclic) bond motifs is 1. The van der Waals surface area contributed by atoms with Crippen LogP contribution in [0, 0.1) is 0 Å². The SMILES string of the molecule is COc1ccc(C2CCN(CCC3OCCc4ccccc43)CC2)cc1. The summed E-state index contributed by atoms with van der Waals surface area (Å²) in [5.41, 5.74) is 4.34. The van der Waals surface area contributed by atoms with Gasteiger partial charge in [0, 0.05) is 6.54 Å². The Balaban J connectivity index is 1.28. The first-order valence-electron chi connectivity index (χ1n) is 9.89. The zero-order valence-corrected chi connectivity index (χ0v) is 15.7. The molecule has 3 nitrogen and oxygen atoms in total. The predicted octanol–water partition coefficient (Wildman–Crippen LogP) is 4.58. The van der Waals surface area contributed by atoms with Gasteiger partial charge in [0.1, 0.15) is 5.75 Å². The Kier molecular flexibility index (Phi) is 5.57. The molecule has 1 unspecified atom stereocenters. The maximum atomic E-state index is 6.07. The zero-order valence-electron chi connectivity index (χ0n) is 15.7. The van der Waals surface area contributed by atoms with E-state index in [1.165, 1.54) is 42.6 Å². The number of ether oxygens (including phenoxy) is 2. The van der Waals surface area contributed by atoms with Crippen molar-refractivity contribution in [1.82, 2.24) is 4.90 Å². The van der Waals surface area contributed by atoms with Gasteiger partial charge in [-0.1, -0.05) is 36.4 Å². The van der Waals surface area contributed by atoms with Crippen LogP contribution >= 0.6 is 0 Å². The number of hydrogen-bond donors (Lipinski definition) is 0. The molecular formula is C23H29NO2. The molecule has 138 valence electrons. The molecule has 2 heterocycles. The van der Waals surface area contributed by atoms with Crippen LogP contribution in [0.3, 0.4) is 0 Å². The van der Waals surface area contributed by atoms with E-state index in [4.69, 9.17) is 9.47 Å². The topological polar surface area (TPSA) is 21.7 Å². The molecule has 1 fully saturated rings. The van der Waals surface area contributed by atoms with E-state index in [2.05, 4.69) is 53.4 Å². The Morgan fingerprint density at radius 3 is 2.58 bits per heavy atom. The molecule has 26 heavy (non-hydrogen) atoms. The van der Waals surface area contributed by atoms with Gasteiger partial charge in [-0.15, -0.1) is 0 Å². The second-order valence-corrected chi connectivity index (χ2v) is 7.49. The molecule has 1 atom stereocenters. The maximum Gasteiger partial charge on any atom is 0.118 e. The van der Waals surface area contributed by atoms with E-state index >= 15 is 0 Å². The van der Waals surface area contributed by atoms with Gasteiger partial charge < -0.3 is 14.4 Å². The van der Waals surface area contributed by atoms with Gasteiger partial charge in [-0.2, -0.15) is 0 Å². The fraction of sp³-hybridized carbons (Fsp3) is 0.478. The van der Waals surface area contributed by atoms with Crippen molar-refractivity contribution in [3.63, 3.8) is 0 Å². The van der Waals surface area contributed by atoms with E-state index in [1.54, 1.807) is 7.11 Å². The summed E-state index contributed by atoms with van der Waals surface area (Å²) in [6.07, 6.45) is 4.92. The third-order valence-electron chi connectivity index (χ3n) is 5.97. The molecule has 2 aromatic carbocycles. The summed E-state index contributed by atoms with van der Waals surface area (Å²) in [4.78, 5) is 2.61. The second kappa shape index (κ2) is 8.24. The van der Waals surface area contributed by atoms with Crippen LogP contribution in [-0.4, -0.2) is 38.3 Å². The van der Waals surface area contributed by atoms with Crippen molar-refractivity contribution < 1.29 is 9.47 Å².